The molecular weight excluding hydrogens is 343 g/mol. The van der Waals surface area contributed by atoms with Crippen molar-refractivity contribution in [2.24, 2.45) is 0 Å². The second-order valence-corrected chi connectivity index (χ2v) is 5.59. The lowest BCUT2D eigenvalue weighted by atomic mass is 10.1. The molecule has 0 radical (unpaired) electrons. The second-order valence-electron chi connectivity index (χ2n) is 5.59. The van der Waals surface area contributed by atoms with Crippen molar-refractivity contribution in [2.45, 2.75) is 13.1 Å². The topological polar surface area (TPSA) is 75.9 Å². The van der Waals surface area contributed by atoms with E-state index in [-0.39, 0.29) is 17.2 Å². The SMILES string of the molecule is Cc1ccccc1Nc1ncnc(Nc2ccccc2C(F)(F)F)c1N. The van der Waals surface area contributed by atoms with Crippen molar-refractivity contribution in [1.29, 1.82) is 0 Å². The Morgan fingerprint density at radius 1 is 0.846 bits per heavy atom. The van der Waals surface area contributed by atoms with E-state index in [1.165, 1.54) is 24.5 Å². The number of alkyl halides is 3. The molecule has 0 bridgehead atoms. The first-order valence-corrected chi connectivity index (χ1v) is 7.72. The number of para-hydroxylation sites is 2. The summed E-state index contributed by atoms with van der Waals surface area (Å²) < 4.78 is 39.4. The normalized spacial score (nSPS) is 11.2. The Kier molecular flexibility index (Phi) is 4.66. The van der Waals surface area contributed by atoms with Crippen molar-refractivity contribution < 1.29 is 13.2 Å². The Labute approximate surface area is 148 Å². The van der Waals surface area contributed by atoms with E-state index in [0.717, 1.165) is 17.3 Å². The molecule has 26 heavy (non-hydrogen) atoms. The lowest BCUT2D eigenvalue weighted by Crippen LogP contribution is -2.10. The maximum atomic E-state index is 13.1. The molecular formula is C18H16F3N5. The van der Waals surface area contributed by atoms with Gasteiger partial charge in [-0.2, -0.15) is 13.2 Å². The molecule has 1 heterocycles. The zero-order valence-corrected chi connectivity index (χ0v) is 13.8. The van der Waals surface area contributed by atoms with E-state index in [9.17, 15) is 13.2 Å². The summed E-state index contributed by atoms with van der Waals surface area (Å²) in [5, 5.41) is 5.73. The number of rotatable bonds is 4. The van der Waals surface area contributed by atoms with Gasteiger partial charge in [0.2, 0.25) is 0 Å². The molecule has 0 aliphatic rings. The number of benzene rings is 2. The smallest absolute Gasteiger partial charge is 0.393 e. The summed E-state index contributed by atoms with van der Waals surface area (Å²) in [6.07, 6.45) is -3.26. The van der Waals surface area contributed by atoms with E-state index in [1.54, 1.807) is 0 Å². The second kappa shape index (κ2) is 6.91. The van der Waals surface area contributed by atoms with Crippen molar-refractivity contribution in [1.82, 2.24) is 9.97 Å². The van der Waals surface area contributed by atoms with Gasteiger partial charge in [-0.05, 0) is 30.7 Å². The number of nitrogens with one attached hydrogen (secondary N) is 2. The third kappa shape index (κ3) is 3.69. The van der Waals surface area contributed by atoms with Crippen LogP contribution in [-0.2, 0) is 6.18 Å². The molecule has 0 spiro atoms. The highest BCUT2D eigenvalue weighted by molar-refractivity contribution is 5.81. The highest BCUT2D eigenvalue weighted by atomic mass is 19.4. The number of hydrogen-bond donors (Lipinski definition) is 3. The molecule has 134 valence electrons. The van der Waals surface area contributed by atoms with Gasteiger partial charge in [0.25, 0.3) is 0 Å². The van der Waals surface area contributed by atoms with Crippen LogP contribution in [0.15, 0.2) is 54.9 Å². The van der Waals surface area contributed by atoms with Crippen molar-refractivity contribution >= 4 is 28.7 Å². The molecule has 0 saturated heterocycles. The molecule has 2 aromatic carbocycles. The molecule has 4 N–H and O–H groups in total. The van der Waals surface area contributed by atoms with Crippen LogP contribution < -0.4 is 16.4 Å². The van der Waals surface area contributed by atoms with E-state index >= 15 is 0 Å². The summed E-state index contributed by atoms with van der Waals surface area (Å²) in [6, 6.07) is 12.6. The van der Waals surface area contributed by atoms with Crippen LogP contribution >= 0.6 is 0 Å². The number of hydrogen-bond acceptors (Lipinski definition) is 5. The highest BCUT2D eigenvalue weighted by Crippen LogP contribution is 2.37. The Morgan fingerprint density at radius 3 is 2.00 bits per heavy atom. The zero-order valence-electron chi connectivity index (χ0n) is 13.8. The number of nitrogen functional groups attached to an aromatic ring is 1. The Balaban J connectivity index is 1.93. The predicted octanol–water partition coefficient (Wildman–Crippen LogP) is 4.87. The van der Waals surface area contributed by atoms with Crippen LogP contribution in [0.25, 0.3) is 0 Å². The fourth-order valence-electron chi connectivity index (χ4n) is 2.40. The molecule has 0 aliphatic carbocycles. The lowest BCUT2D eigenvalue weighted by molar-refractivity contribution is -0.136. The number of aryl methyl sites for hydroxylation is 1. The lowest BCUT2D eigenvalue weighted by Gasteiger charge is -2.16. The summed E-state index contributed by atoms with van der Waals surface area (Å²) in [4.78, 5) is 8.05. The van der Waals surface area contributed by atoms with Gasteiger partial charge in [-0.1, -0.05) is 30.3 Å². The monoisotopic (exact) mass is 359 g/mol. The molecule has 0 saturated carbocycles. The first kappa shape index (κ1) is 17.5. The molecule has 0 aliphatic heterocycles. The molecule has 0 unspecified atom stereocenters. The van der Waals surface area contributed by atoms with Gasteiger partial charge in [-0.25, -0.2) is 9.97 Å². The number of nitrogens with zero attached hydrogens (tertiary/aromatic N) is 2. The largest absolute Gasteiger partial charge is 0.418 e. The summed E-state index contributed by atoms with van der Waals surface area (Å²) in [5.74, 6) is 0.397. The third-order valence-electron chi connectivity index (χ3n) is 3.77. The molecule has 3 aromatic rings. The van der Waals surface area contributed by atoms with Crippen LogP contribution in [-0.4, -0.2) is 9.97 Å². The van der Waals surface area contributed by atoms with Gasteiger partial charge in [-0.15, -0.1) is 0 Å². The fraction of sp³-hybridized carbons (Fsp3) is 0.111. The summed E-state index contributed by atoms with van der Waals surface area (Å²) >= 11 is 0. The zero-order chi connectivity index (χ0) is 18.7. The van der Waals surface area contributed by atoms with Crippen molar-refractivity contribution in [2.75, 3.05) is 16.4 Å². The number of nitrogens with two attached hydrogens (primary N) is 1. The van der Waals surface area contributed by atoms with Crippen LogP contribution in [0, 0.1) is 6.92 Å². The van der Waals surface area contributed by atoms with Gasteiger partial charge >= 0.3 is 6.18 Å². The van der Waals surface area contributed by atoms with Gasteiger partial charge in [0.05, 0.1) is 11.3 Å². The van der Waals surface area contributed by atoms with Gasteiger partial charge in [0.1, 0.15) is 12.0 Å². The Morgan fingerprint density at radius 2 is 1.38 bits per heavy atom. The van der Waals surface area contributed by atoms with Gasteiger partial charge in [0, 0.05) is 5.69 Å². The first-order chi connectivity index (χ1) is 12.4. The van der Waals surface area contributed by atoms with Crippen molar-refractivity contribution in [3.8, 4) is 0 Å². The highest BCUT2D eigenvalue weighted by Gasteiger charge is 2.33. The first-order valence-electron chi connectivity index (χ1n) is 7.72. The molecule has 5 nitrogen and oxygen atoms in total. The standard InChI is InChI=1S/C18H16F3N5/c1-11-6-2-4-8-13(11)25-16-15(22)17(24-10-23-16)26-14-9-5-3-7-12(14)18(19,20)21/h2-10H,22H2,1H3,(H2,23,24,25,26). The van der Waals surface area contributed by atoms with E-state index in [0.29, 0.717) is 5.82 Å². The number of aromatic nitrogens is 2. The van der Waals surface area contributed by atoms with Crippen LogP contribution in [0.3, 0.4) is 0 Å². The fourth-order valence-corrected chi connectivity index (χ4v) is 2.40. The summed E-state index contributed by atoms with van der Waals surface area (Å²) in [7, 11) is 0. The van der Waals surface area contributed by atoms with Crippen LogP contribution in [0.4, 0.5) is 41.9 Å². The number of anilines is 5. The van der Waals surface area contributed by atoms with Crippen LogP contribution in [0.5, 0.6) is 0 Å². The molecule has 3 rings (SSSR count). The average Bonchev–Trinajstić information content (AvgIpc) is 2.60. The summed E-state index contributed by atoms with van der Waals surface area (Å²) in [5.41, 5.74) is 7.01. The minimum atomic E-state index is -4.49. The quantitative estimate of drug-likeness (QED) is 0.619. The number of halogens is 3. The van der Waals surface area contributed by atoms with Crippen LogP contribution in [0.1, 0.15) is 11.1 Å². The van der Waals surface area contributed by atoms with Gasteiger partial charge in [0.15, 0.2) is 11.6 Å². The van der Waals surface area contributed by atoms with E-state index < -0.39 is 11.7 Å². The van der Waals surface area contributed by atoms with Crippen LogP contribution in [0.2, 0.25) is 0 Å². The van der Waals surface area contributed by atoms with E-state index in [1.807, 2.05) is 31.2 Å². The third-order valence-corrected chi connectivity index (χ3v) is 3.77. The Hall–Kier alpha value is -3.29. The van der Waals surface area contributed by atoms with E-state index in [2.05, 4.69) is 20.6 Å². The minimum absolute atomic E-state index is 0.0905. The Bertz CT molecular complexity index is 925. The van der Waals surface area contributed by atoms with Crippen molar-refractivity contribution in [3.05, 3.63) is 66.0 Å². The predicted molar refractivity (Wildman–Crippen MR) is 95.6 cm³/mol. The average molecular weight is 359 g/mol. The molecule has 8 heteroatoms. The minimum Gasteiger partial charge on any atom is -0.393 e. The summed E-state index contributed by atoms with van der Waals surface area (Å²) in [6.45, 7) is 1.92. The van der Waals surface area contributed by atoms with Gasteiger partial charge < -0.3 is 16.4 Å². The van der Waals surface area contributed by atoms with E-state index in [4.69, 9.17) is 5.73 Å². The molecule has 0 amide bonds. The molecule has 0 atom stereocenters. The maximum Gasteiger partial charge on any atom is 0.418 e. The van der Waals surface area contributed by atoms with Crippen molar-refractivity contribution in [3.63, 3.8) is 0 Å². The molecule has 1 aromatic heterocycles. The van der Waals surface area contributed by atoms with Gasteiger partial charge in [-0.3, -0.25) is 0 Å². The maximum absolute atomic E-state index is 13.1. The molecule has 0 fully saturated rings.